The van der Waals surface area contributed by atoms with E-state index in [0.29, 0.717) is 11.5 Å². The van der Waals surface area contributed by atoms with Crippen molar-refractivity contribution in [3.8, 4) is 0 Å². The number of rotatable bonds is 2. The average Bonchev–Trinajstić information content (AvgIpc) is 2.27. The normalized spacial score (nSPS) is 28.1. The Hall–Kier alpha value is -1.98. The Balaban J connectivity index is 2.31. The van der Waals surface area contributed by atoms with Gasteiger partial charge >= 0.3 is 6.03 Å². The molecule has 1 fully saturated rings. The van der Waals surface area contributed by atoms with Crippen molar-refractivity contribution in [1.29, 1.82) is 0 Å². The molecule has 0 aromatic rings. The van der Waals surface area contributed by atoms with E-state index in [1.165, 1.54) is 14.2 Å². The van der Waals surface area contributed by atoms with Gasteiger partial charge < -0.3 is 14.8 Å². The van der Waals surface area contributed by atoms with Crippen molar-refractivity contribution >= 4 is 11.9 Å². The number of carbonyl (C=O) groups excluding carboxylic acids is 2. The van der Waals surface area contributed by atoms with Crippen LogP contribution in [0.4, 0.5) is 4.79 Å². The number of carbonyl (C=O) groups is 2. The third-order valence-corrected chi connectivity index (χ3v) is 2.57. The van der Waals surface area contributed by atoms with Gasteiger partial charge in [0.1, 0.15) is 0 Å². The number of amides is 3. The minimum atomic E-state index is -0.493. The minimum Gasteiger partial charge on any atom is -0.493 e. The molecular formula is C10H12N2O4. The number of nitrogens with one attached hydrogen (secondary N) is 2. The van der Waals surface area contributed by atoms with E-state index in [1.54, 1.807) is 12.2 Å². The lowest BCUT2D eigenvalue weighted by Crippen LogP contribution is -2.57. The fourth-order valence-corrected chi connectivity index (χ4v) is 1.79. The summed E-state index contributed by atoms with van der Waals surface area (Å²) in [5.74, 6) is 0.218. The van der Waals surface area contributed by atoms with E-state index in [-0.39, 0.29) is 11.9 Å². The highest BCUT2D eigenvalue weighted by Gasteiger charge is 2.36. The number of methoxy groups -OCH3 is 2. The summed E-state index contributed by atoms with van der Waals surface area (Å²) in [6.07, 6.45) is 3.30. The molecule has 1 heterocycles. The Labute approximate surface area is 92.3 Å². The molecule has 1 saturated heterocycles. The highest BCUT2D eigenvalue weighted by molar-refractivity contribution is 6.00. The lowest BCUT2D eigenvalue weighted by molar-refractivity contribution is -0.123. The lowest BCUT2D eigenvalue weighted by Gasteiger charge is -2.31. The molecule has 0 aromatic carbocycles. The van der Waals surface area contributed by atoms with E-state index in [0.717, 1.165) is 0 Å². The van der Waals surface area contributed by atoms with Crippen LogP contribution in [0.25, 0.3) is 0 Å². The molecule has 3 amide bonds. The van der Waals surface area contributed by atoms with E-state index in [9.17, 15) is 9.59 Å². The summed E-state index contributed by atoms with van der Waals surface area (Å²) in [5.41, 5.74) is 0. The SMILES string of the molecule is COC1=CC2NC(=O)NC(=O)C2C=C1OC. The third-order valence-electron chi connectivity index (χ3n) is 2.57. The zero-order valence-corrected chi connectivity index (χ0v) is 8.94. The van der Waals surface area contributed by atoms with Crippen LogP contribution in [-0.4, -0.2) is 32.2 Å². The highest BCUT2D eigenvalue weighted by Crippen LogP contribution is 2.25. The van der Waals surface area contributed by atoms with Gasteiger partial charge in [0.15, 0.2) is 11.5 Å². The van der Waals surface area contributed by atoms with Crippen molar-refractivity contribution in [2.45, 2.75) is 6.04 Å². The summed E-state index contributed by atoms with van der Waals surface area (Å²) in [6, 6.07) is -0.873. The molecule has 16 heavy (non-hydrogen) atoms. The van der Waals surface area contributed by atoms with Gasteiger partial charge in [-0.3, -0.25) is 10.1 Å². The van der Waals surface area contributed by atoms with Crippen LogP contribution >= 0.6 is 0 Å². The molecular weight excluding hydrogens is 212 g/mol. The highest BCUT2D eigenvalue weighted by atomic mass is 16.5. The molecule has 2 rings (SSSR count). The Morgan fingerprint density at radius 3 is 2.38 bits per heavy atom. The number of hydrogen-bond acceptors (Lipinski definition) is 4. The van der Waals surface area contributed by atoms with Crippen molar-refractivity contribution in [3.05, 3.63) is 23.7 Å². The van der Waals surface area contributed by atoms with Crippen LogP contribution in [0, 0.1) is 5.92 Å². The molecule has 86 valence electrons. The van der Waals surface area contributed by atoms with Gasteiger partial charge in [0.2, 0.25) is 5.91 Å². The van der Waals surface area contributed by atoms with Crippen molar-refractivity contribution < 1.29 is 19.1 Å². The summed E-state index contributed by atoms with van der Waals surface area (Å²) < 4.78 is 10.2. The van der Waals surface area contributed by atoms with E-state index in [2.05, 4.69) is 10.6 Å². The fraction of sp³-hybridized carbons (Fsp3) is 0.400. The summed E-state index contributed by atoms with van der Waals surface area (Å²) in [7, 11) is 3.00. The summed E-state index contributed by atoms with van der Waals surface area (Å²) in [4.78, 5) is 22.7. The molecule has 2 atom stereocenters. The van der Waals surface area contributed by atoms with Gasteiger partial charge in [-0.25, -0.2) is 4.79 Å². The molecule has 2 unspecified atom stereocenters. The molecule has 0 saturated carbocycles. The zero-order valence-electron chi connectivity index (χ0n) is 8.94. The molecule has 1 aliphatic heterocycles. The summed E-state index contributed by atoms with van der Waals surface area (Å²) in [5, 5.41) is 4.83. The van der Waals surface area contributed by atoms with Crippen molar-refractivity contribution in [3.63, 3.8) is 0 Å². The van der Waals surface area contributed by atoms with Crippen molar-refractivity contribution in [2.75, 3.05) is 14.2 Å². The van der Waals surface area contributed by atoms with Gasteiger partial charge in [-0.2, -0.15) is 0 Å². The van der Waals surface area contributed by atoms with Gasteiger partial charge in [-0.1, -0.05) is 0 Å². The van der Waals surface area contributed by atoms with Crippen molar-refractivity contribution in [1.82, 2.24) is 10.6 Å². The van der Waals surface area contributed by atoms with Crippen LogP contribution in [-0.2, 0) is 14.3 Å². The van der Waals surface area contributed by atoms with Gasteiger partial charge in [0, 0.05) is 0 Å². The van der Waals surface area contributed by atoms with Crippen LogP contribution in [0.1, 0.15) is 0 Å². The van der Waals surface area contributed by atoms with Crippen LogP contribution < -0.4 is 10.6 Å². The molecule has 0 bridgehead atoms. The number of ether oxygens (including phenoxy) is 2. The topological polar surface area (TPSA) is 76.7 Å². The van der Waals surface area contributed by atoms with Crippen molar-refractivity contribution in [2.24, 2.45) is 5.92 Å². The maximum atomic E-state index is 11.6. The Kier molecular flexibility index (Phi) is 2.55. The monoisotopic (exact) mass is 224 g/mol. The quantitative estimate of drug-likeness (QED) is 0.685. The lowest BCUT2D eigenvalue weighted by atomic mass is 9.91. The van der Waals surface area contributed by atoms with E-state index >= 15 is 0 Å². The first-order valence-corrected chi connectivity index (χ1v) is 4.79. The van der Waals surface area contributed by atoms with Crippen LogP contribution in [0.3, 0.4) is 0 Å². The second kappa shape index (κ2) is 3.88. The summed E-state index contributed by atoms with van der Waals surface area (Å²) in [6.45, 7) is 0. The van der Waals surface area contributed by atoms with Crippen LogP contribution in [0.5, 0.6) is 0 Å². The minimum absolute atomic E-state index is 0.338. The Bertz CT molecular complexity index is 400. The first kappa shape index (κ1) is 10.5. The van der Waals surface area contributed by atoms with E-state index in [4.69, 9.17) is 9.47 Å². The zero-order chi connectivity index (χ0) is 11.7. The van der Waals surface area contributed by atoms with Gasteiger partial charge in [-0.05, 0) is 12.2 Å². The maximum Gasteiger partial charge on any atom is 0.321 e. The fourth-order valence-electron chi connectivity index (χ4n) is 1.79. The molecule has 1 aliphatic carbocycles. The smallest absolute Gasteiger partial charge is 0.321 e. The van der Waals surface area contributed by atoms with Gasteiger partial charge in [0.25, 0.3) is 0 Å². The maximum absolute atomic E-state index is 11.6. The van der Waals surface area contributed by atoms with Crippen LogP contribution in [0.15, 0.2) is 23.7 Å². The molecule has 6 heteroatoms. The number of urea groups is 1. The Morgan fingerprint density at radius 2 is 1.75 bits per heavy atom. The molecule has 0 spiro atoms. The number of fused-ring (bicyclic) bond motifs is 1. The van der Waals surface area contributed by atoms with Crippen LogP contribution in [0.2, 0.25) is 0 Å². The van der Waals surface area contributed by atoms with E-state index < -0.39 is 11.9 Å². The molecule has 6 nitrogen and oxygen atoms in total. The molecule has 2 N–H and O–H groups in total. The first-order valence-electron chi connectivity index (χ1n) is 4.79. The largest absolute Gasteiger partial charge is 0.493 e. The number of hydrogen-bond donors (Lipinski definition) is 2. The first-order chi connectivity index (χ1) is 7.65. The van der Waals surface area contributed by atoms with E-state index in [1.807, 2.05) is 0 Å². The Morgan fingerprint density at radius 1 is 1.12 bits per heavy atom. The molecule has 2 aliphatic rings. The average molecular weight is 224 g/mol. The standard InChI is InChI=1S/C10H12N2O4/c1-15-7-3-5-6(4-8(7)16-2)11-10(14)12-9(5)13/h3-6H,1-2H3,(H2,11,12,13,14). The summed E-state index contributed by atoms with van der Waals surface area (Å²) >= 11 is 0. The van der Waals surface area contributed by atoms with Gasteiger partial charge in [0.05, 0.1) is 26.2 Å². The molecule has 0 radical (unpaired) electrons. The number of imide groups is 1. The third kappa shape index (κ3) is 1.62. The predicted molar refractivity (Wildman–Crippen MR) is 54.1 cm³/mol. The predicted octanol–water partition coefficient (Wildman–Crippen LogP) is -0.115. The molecule has 0 aromatic heterocycles. The second-order valence-corrected chi connectivity index (χ2v) is 3.48. The second-order valence-electron chi connectivity index (χ2n) is 3.48. The van der Waals surface area contributed by atoms with Gasteiger partial charge in [-0.15, -0.1) is 0 Å².